The van der Waals surface area contributed by atoms with Gasteiger partial charge in [-0.1, -0.05) is 11.8 Å². The molecule has 4 nitrogen and oxygen atoms in total. The lowest BCUT2D eigenvalue weighted by Gasteiger charge is -2.10. The predicted molar refractivity (Wildman–Crippen MR) is 80.5 cm³/mol. The minimum Gasteiger partial charge on any atom is -0.395 e. The van der Waals surface area contributed by atoms with Gasteiger partial charge in [0.25, 0.3) is 5.91 Å². The third-order valence-corrected chi connectivity index (χ3v) is 2.75. The van der Waals surface area contributed by atoms with Gasteiger partial charge in [0.15, 0.2) is 0 Å². The second kappa shape index (κ2) is 9.11. The molecular formula is C16H21FN2O2. The maximum absolute atomic E-state index is 13.3. The zero-order valence-electron chi connectivity index (χ0n) is 12.4. The van der Waals surface area contributed by atoms with E-state index in [1.165, 1.54) is 18.2 Å². The molecule has 114 valence electrons. The van der Waals surface area contributed by atoms with E-state index in [2.05, 4.69) is 17.2 Å². The molecule has 0 fully saturated rings. The average Bonchev–Trinajstić information content (AvgIpc) is 2.45. The van der Waals surface area contributed by atoms with Crippen molar-refractivity contribution in [1.29, 1.82) is 0 Å². The predicted octanol–water partition coefficient (Wildman–Crippen LogP) is 1.24. The molecule has 21 heavy (non-hydrogen) atoms. The van der Waals surface area contributed by atoms with Crippen LogP contribution in [0.2, 0.25) is 0 Å². The smallest absolute Gasteiger partial charge is 0.252 e. The first-order valence-corrected chi connectivity index (χ1v) is 6.87. The number of benzene rings is 1. The summed E-state index contributed by atoms with van der Waals surface area (Å²) in [4.78, 5) is 14.1. The molecule has 0 saturated carbocycles. The van der Waals surface area contributed by atoms with Crippen molar-refractivity contribution < 1.29 is 14.3 Å². The van der Waals surface area contributed by atoms with E-state index in [0.29, 0.717) is 18.5 Å². The van der Waals surface area contributed by atoms with Crippen molar-refractivity contribution in [1.82, 2.24) is 10.2 Å². The number of halogens is 1. The lowest BCUT2D eigenvalue weighted by atomic mass is 10.1. The highest BCUT2D eigenvalue weighted by atomic mass is 19.1. The molecule has 1 aromatic rings. The third-order valence-electron chi connectivity index (χ3n) is 2.75. The molecule has 0 spiro atoms. The molecule has 0 bridgehead atoms. The van der Waals surface area contributed by atoms with Crippen LogP contribution in [0.4, 0.5) is 4.39 Å². The molecule has 0 saturated heterocycles. The molecule has 0 heterocycles. The monoisotopic (exact) mass is 292 g/mol. The van der Waals surface area contributed by atoms with Gasteiger partial charge in [-0.05, 0) is 45.3 Å². The van der Waals surface area contributed by atoms with Crippen LogP contribution in [0.3, 0.4) is 0 Å². The highest BCUT2D eigenvalue weighted by Crippen LogP contribution is 2.10. The van der Waals surface area contributed by atoms with E-state index in [4.69, 9.17) is 5.11 Å². The average molecular weight is 292 g/mol. The minimum atomic E-state index is -0.471. The van der Waals surface area contributed by atoms with E-state index in [0.717, 1.165) is 13.0 Å². The van der Waals surface area contributed by atoms with Crippen molar-refractivity contribution in [3.63, 3.8) is 0 Å². The van der Waals surface area contributed by atoms with Crippen LogP contribution in [0.5, 0.6) is 0 Å². The Labute approximate surface area is 125 Å². The number of carbonyl (C=O) groups is 1. The van der Waals surface area contributed by atoms with E-state index in [1.54, 1.807) is 0 Å². The fourth-order valence-electron chi connectivity index (χ4n) is 1.72. The summed E-state index contributed by atoms with van der Waals surface area (Å²) in [5, 5.41) is 11.5. The Kier molecular flexibility index (Phi) is 7.44. The van der Waals surface area contributed by atoms with E-state index in [-0.39, 0.29) is 18.1 Å². The Bertz CT molecular complexity index is 533. The molecule has 0 atom stereocenters. The number of carbonyl (C=O) groups excluding carboxylic acids is 1. The van der Waals surface area contributed by atoms with Crippen LogP contribution < -0.4 is 5.32 Å². The van der Waals surface area contributed by atoms with E-state index in [1.807, 2.05) is 19.0 Å². The zero-order chi connectivity index (χ0) is 15.7. The minimum absolute atomic E-state index is 0.0414. The van der Waals surface area contributed by atoms with Gasteiger partial charge in [0.1, 0.15) is 5.82 Å². The first-order valence-electron chi connectivity index (χ1n) is 6.87. The number of amides is 1. The zero-order valence-corrected chi connectivity index (χ0v) is 12.4. The second-order valence-corrected chi connectivity index (χ2v) is 4.88. The number of nitrogens with zero attached hydrogens (tertiary/aromatic N) is 1. The van der Waals surface area contributed by atoms with E-state index in [9.17, 15) is 9.18 Å². The van der Waals surface area contributed by atoms with E-state index >= 15 is 0 Å². The van der Waals surface area contributed by atoms with E-state index < -0.39 is 5.82 Å². The number of aliphatic hydroxyl groups is 1. The van der Waals surface area contributed by atoms with Crippen molar-refractivity contribution in [3.05, 3.63) is 35.1 Å². The van der Waals surface area contributed by atoms with Gasteiger partial charge < -0.3 is 15.3 Å². The Balaban J connectivity index is 2.73. The lowest BCUT2D eigenvalue weighted by Crippen LogP contribution is -2.27. The van der Waals surface area contributed by atoms with Gasteiger partial charge in [-0.2, -0.15) is 0 Å². The van der Waals surface area contributed by atoms with Gasteiger partial charge in [0.05, 0.1) is 12.2 Å². The van der Waals surface area contributed by atoms with Gasteiger partial charge in [-0.25, -0.2) is 4.39 Å². The standard InChI is InChI=1S/C16H21FN2O2/c1-19(2)10-5-9-18-16(21)15-12-14(17)8-7-13(15)6-3-4-11-20/h7-8,12,20H,4-5,9-11H2,1-2H3,(H,18,21). The fourth-order valence-corrected chi connectivity index (χ4v) is 1.72. The first kappa shape index (κ1) is 17.2. The molecule has 2 N–H and O–H groups in total. The van der Waals surface area contributed by atoms with Crippen LogP contribution in [-0.4, -0.2) is 49.7 Å². The van der Waals surface area contributed by atoms with Crippen molar-refractivity contribution in [3.8, 4) is 11.8 Å². The van der Waals surface area contributed by atoms with Gasteiger partial charge in [-0.15, -0.1) is 0 Å². The highest BCUT2D eigenvalue weighted by Gasteiger charge is 2.11. The normalized spacial score (nSPS) is 10.1. The summed E-state index contributed by atoms with van der Waals surface area (Å²) < 4.78 is 13.3. The molecule has 0 aromatic heterocycles. The molecule has 0 aliphatic rings. The van der Waals surface area contributed by atoms with Crippen molar-refractivity contribution in [2.24, 2.45) is 0 Å². The van der Waals surface area contributed by atoms with Gasteiger partial charge in [-0.3, -0.25) is 4.79 Å². The molecule has 1 rings (SSSR count). The van der Waals surface area contributed by atoms with Crippen molar-refractivity contribution in [2.75, 3.05) is 33.8 Å². The highest BCUT2D eigenvalue weighted by molar-refractivity contribution is 5.96. The largest absolute Gasteiger partial charge is 0.395 e. The summed E-state index contributed by atoms with van der Waals surface area (Å²) in [5.41, 5.74) is 0.695. The SMILES string of the molecule is CN(C)CCCNC(=O)c1cc(F)ccc1C#CCCO. The lowest BCUT2D eigenvalue weighted by molar-refractivity contribution is 0.0951. The molecule has 1 amide bonds. The fraction of sp³-hybridized carbons (Fsp3) is 0.438. The number of hydrogen-bond acceptors (Lipinski definition) is 3. The Morgan fingerprint density at radius 1 is 1.43 bits per heavy atom. The maximum Gasteiger partial charge on any atom is 0.252 e. The summed E-state index contributed by atoms with van der Waals surface area (Å²) in [6, 6.07) is 3.93. The van der Waals surface area contributed by atoms with Crippen LogP contribution in [0.1, 0.15) is 28.8 Å². The Hall–Kier alpha value is -1.90. The van der Waals surface area contributed by atoms with Crippen LogP contribution >= 0.6 is 0 Å². The van der Waals surface area contributed by atoms with Crippen LogP contribution in [0, 0.1) is 17.7 Å². The summed E-state index contributed by atoms with van der Waals surface area (Å²) >= 11 is 0. The Morgan fingerprint density at radius 2 is 2.19 bits per heavy atom. The van der Waals surface area contributed by atoms with Crippen LogP contribution in [-0.2, 0) is 0 Å². The third kappa shape index (κ3) is 6.39. The summed E-state index contributed by atoms with van der Waals surface area (Å²) in [7, 11) is 3.92. The van der Waals surface area contributed by atoms with Gasteiger partial charge >= 0.3 is 0 Å². The maximum atomic E-state index is 13.3. The summed E-state index contributed by atoms with van der Waals surface area (Å²) in [6.07, 6.45) is 1.14. The van der Waals surface area contributed by atoms with Gasteiger partial charge in [0, 0.05) is 18.5 Å². The number of rotatable bonds is 6. The molecule has 0 aliphatic carbocycles. The van der Waals surface area contributed by atoms with Crippen molar-refractivity contribution in [2.45, 2.75) is 12.8 Å². The molecule has 1 aromatic carbocycles. The summed E-state index contributed by atoms with van der Waals surface area (Å²) in [5.74, 6) is 4.72. The molecule has 0 radical (unpaired) electrons. The molecule has 5 heteroatoms. The molecule has 0 unspecified atom stereocenters. The second-order valence-electron chi connectivity index (χ2n) is 4.88. The summed E-state index contributed by atoms with van der Waals surface area (Å²) in [6.45, 7) is 1.35. The topological polar surface area (TPSA) is 52.6 Å². The quantitative estimate of drug-likeness (QED) is 0.613. The van der Waals surface area contributed by atoms with Gasteiger partial charge in [0.2, 0.25) is 0 Å². The number of aliphatic hydroxyl groups excluding tert-OH is 1. The van der Waals surface area contributed by atoms with Crippen LogP contribution in [0.15, 0.2) is 18.2 Å². The molecular weight excluding hydrogens is 271 g/mol. The number of hydrogen-bond donors (Lipinski definition) is 2. The Morgan fingerprint density at radius 3 is 2.86 bits per heavy atom. The number of nitrogens with one attached hydrogen (secondary N) is 1. The van der Waals surface area contributed by atoms with Crippen LogP contribution in [0.25, 0.3) is 0 Å². The first-order chi connectivity index (χ1) is 10.0. The van der Waals surface area contributed by atoms with Crippen molar-refractivity contribution >= 4 is 5.91 Å². The molecule has 0 aliphatic heterocycles.